The molecule has 0 aliphatic rings. The van der Waals surface area contributed by atoms with Crippen LogP contribution in [0.25, 0.3) is 0 Å². The summed E-state index contributed by atoms with van der Waals surface area (Å²) in [6.07, 6.45) is -0.843. The highest BCUT2D eigenvalue weighted by molar-refractivity contribution is 7.52. The van der Waals surface area contributed by atoms with E-state index in [-0.39, 0.29) is 13.0 Å². The lowest BCUT2D eigenvalue weighted by Gasteiger charge is -2.22. The van der Waals surface area contributed by atoms with Crippen LogP contribution < -0.4 is 10.6 Å². The first-order valence-electron chi connectivity index (χ1n) is 8.62. The van der Waals surface area contributed by atoms with E-state index in [1.165, 1.54) is 6.92 Å². The van der Waals surface area contributed by atoms with Crippen molar-refractivity contribution in [3.05, 3.63) is 71.8 Å². The van der Waals surface area contributed by atoms with Crippen molar-refractivity contribution in [2.24, 2.45) is 0 Å². The molecular formula is C19H23N2O6P. The number of rotatable bonds is 8. The number of alkyl carbamates (subject to hydrolysis) is 1. The molecule has 2 aromatic carbocycles. The molecule has 0 fully saturated rings. The highest BCUT2D eigenvalue weighted by Crippen LogP contribution is 2.41. The molecule has 9 heteroatoms. The first kappa shape index (κ1) is 21.6. The lowest BCUT2D eigenvalue weighted by molar-refractivity contribution is -0.123. The van der Waals surface area contributed by atoms with Crippen LogP contribution in [0.3, 0.4) is 0 Å². The summed E-state index contributed by atoms with van der Waals surface area (Å²) in [6, 6.07) is 16.7. The molecule has 28 heavy (non-hydrogen) atoms. The normalized spacial score (nSPS) is 13.2. The summed E-state index contributed by atoms with van der Waals surface area (Å²) in [4.78, 5) is 43.2. The van der Waals surface area contributed by atoms with Gasteiger partial charge in [0.25, 0.3) is 0 Å². The fourth-order valence-electron chi connectivity index (χ4n) is 2.39. The maximum Gasteiger partial charge on any atom is 0.408 e. The maximum atomic E-state index is 12.3. The average Bonchev–Trinajstić information content (AvgIpc) is 2.66. The quantitative estimate of drug-likeness (QED) is 0.498. The lowest BCUT2D eigenvalue weighted by Crippen LogP contribution is -2.48. The minimum atomic E-state index is -4.60. The van der Waals surface area contributed by atoms with E-state index in [1.807, 2.05) is 18.2 Å². The van der Waals surface area contributed by atoms with Crippen LogP contribution in [0.2, 0.25) is 0 Å². The summed E-state index contributed by atoms with van der Waals surface area (Å²) in [7, 11) is -4.60. The van der Waals surface area contributed by atoms with Gasteiger partial charge in [0.05, 0.1) is 0 Å². The molecule has 4 N–H and O–H groups in total. The zero-order valence-corrected chi connectivity index (χ0v) is 16.2. The van der Waals surface area contributed by atoms with Gasteiger partial charge >= 0.3 is 13.7 Å². The van der Waals surface area contributed by atoms with Crippen molar-refractivity contribution in [3.8, 4) is 0 Å². The Morgan fingerprint density at radius 2 is 1.50 bits per heavy atom. The second-order valence-electron chi connectivity index (χ2n) is 6.23. The van der Waals surface area contributed by atoms with E-state index < -0.39 is 31.4 Å². The fourth-order valence-corrected chi connectivity index (χ4v) is 3.13. The predicted molar refractivity (Wildman–Crippen MR) is 103 cm³/mol. The van der Waals surface area contributed by atoms with Gasteiger partial charge in [0.15, 0.2) is 0 Å². The number of amides is 2. The molecule has 0 heterocycles. The van der Waals surface area contributed by atoms with Gasteiger partial charge in [-0.15, -0.1) is 0 Å². The zero-order chi connectivity index (χ0) is 20.6. The van der Waals surface area contributed by atoms with Crippen LogP contribution in [-0.4, -0.2) is 33.6 Å². The standard InChI is InChI=1S/C19H23N2O6P/c1-14(20-19(23)27-13-16-10-6-3-7-11-16)18(22)21-17(28(24,25)26)12-15-8-4-2-5-9-15/h2-11,14,17H,12-13H2,1H3,(H,20,23)(H,21,22)(H2,24,25,26)/t14-,17?/m1/s1. The van der Waals surface area contributed by atoms with E-state index in [1.54, 1.807) is 42.5 Å². The third-order valence-corrected chi connectivity index (χ3v) is 5.05. The summed E-state index contributed by atoms with van der Waals surface area (Å²) < 4.78 is 16.8. The molecule has 2 rings (SSSR count). The van der Waals surface area contributed by atoms with Gasteiger partial charge in [0.1, 0.15) is 18.4 Å². The highest BCUT2D eigenvalue weighted by atomic mass is 31.2. The van der Waals surface area contributed by atoms with Crippen LogP contribution in [0, 0.1) is 0 Å². The minimum absolute atomic E-state index is 0.0397. The van der Waals surface area contributed by atoms with Crippen molar-refractivity contribution in [1.82, 2.24) is 10.6 Å². The summed E-state index contributed by atoms with van der Waals surface area (Å²) in [5.74, 6) is -2.12. The maximum absolute atomic E-state index is 12.3. The molecule has 0 aromatic heterocycles. The molecule has 0 aliphatic heterocycles. The molecule has 0 aliphatic carbocycles. The molecule has 1 unspecified atom stereocenters. The Morgan fingerprint density at radius 1 is 0.964 bits per heavy atom. The third kappa shape index (κ3) is 7.15. The number of ether oxygens (including phenoxy) is 1. The van der Waals surface area contributed by atoms with Crippen molar-refractivity contribution >= 4 is 19.6 Å². The van der Waals surface area contributed by atoms with Crippen molar-refractivity contribution in [1.29, 1.82) is 0 Å². The van der Waals surface area contributed by atoms with E-state index in [2.05, 4.69) is 10.6 Å². The Kier molecular flexibility index (Phi) is 7.75. The van der Waals surface area contributed by atoms with E-state index >= 15 is 0 Å². The van der Waals surface area contributed by atoms with Crippen LogP contribution in [0.5, 0.6) is 0 Å². The lowest BCUT2D eigenvalue weighted by atomic mass is 10.1. The van der Waals surface area contributed by atoms with Gasteiger partial charge in [-0.2, -0.15) is 0 Å². The smallest absolute Gasteiger partial charge is 0.408 e. The molecule has 0 radical (unpaired) electrons. The largest absolute Gasteiger partial charge is 0.445 e. The second-order valence-corrected chi connectivity index (χ2v) is 8.03. The van der Waals surface area contributed by atoms with Gasteiger partial charge in [0, 0.05) is 6.42 Å². The summed E-state index contributed by atoms with van der Waals surface area (Å²) in [6.45, 7) is 1.44. The van der Waals surface area contributed by atoms with Crippen molar-refractivity contribution in [2.45, 2.75) is 31.8 Å². The summed E-state index contributed by atoms with van der Waals surface area (Å²) in [5.41, 5.74) is 1.46. The van der Waals surface area contributed by atoms with Gasteiger partial charge in [-0.25, -0.2) is 4.79 Å². The highest BCUT2D eigenvalue weighted by Gasteiger charge is 2.32. The Labute approximate surface area is 163 Å². The molecule has 8 nitrogen and oxygen atoms in total. The van der Waals surface area contributed by atoms with Gasteiger partial charge < -0.3 is 25.2 Å². The number of hydrogen-bond acceptors (Lipinski definition) is 4. The average molecular weight is 406 g/mol. The Morgan fingerprint density at radius 3 is 2.04 bits per heavy atom. The van der Waals surface area contributed by atoms with Gasteiger partial charge in [-0.1, -0.05) is 60.7 Å². The fraction of sp³-hybridized carbons (Fsp3) is 0.263. The predicted octanol–water partition coefficient (Wildman–Crippen LogP) is 2.16. The molecule has 0 spiro atoms. The molecule has 2 atom stereocenters. The number of nitrogens with one attached hydrogen (secondary N) is 2. The summed E-state index contributed by atoms with van der Waals surface area (Å²) >= 11 is 0. The molecular weight excluding hydrogens is 383 g/mol. The first-order chi connectivity index (χ1) is 13.3. The molecule has 0 bridgehead atoms. The van der Waals surface area contributed by atoms with Gasteiger partial charge in [-0.3, -0.25) is 9.36 Å². The number of benzene rings is 2. The van der Waals surface area contributed by atoms with E-state index in [0.717, 1.165) is 5.56 Å². The van der Waals surface area contributed by atoms with Gasteiger partial charge in [0.2, 0.25) is 5.91 Å². The topological polar surface area (TPSA) is 125 Å². The van der Waals surface area contributed by atoms with Crippen LogP contribution >= 0.6 is 7.60 Å². The molecule has 2 aromatic rings. The summed E-state index contributed by atoms with van der Waals surface area (Å²) in [5, 5.41) is 4.66. The Balaban J connectivity index is 1.89. The minimum Gasteiger partial charge on any atom is -0.445 e. The number of carbonyl (C=O) groups excluding carboxylic acids is 2. The van der Waals surface area contributed by atoms with Gasteiger partial charge in [-0.05, 0) is 18.1 Å². The van der Waals surface area contributed by atoms with Crippen LogP contribution in [0.4, 0.5) is 4.79 Å². The van der Waals surface area contributed by atoms with Crippen molar-refractivity contribution < 1.29 is 28.7 Å². The molecule has 0 saturated heterocycles. The van der Waals surface area contributed by atoms with E-state index in [4.69, 9.17) is 4.74 Å². The Hall–Kier alpha value is -2.67. The monoisotopic (exact) mass is 406 g/mol. The number of carbonyl (C=O) groups is 2. The Bertz CT molecular complexity index is 825. The van der Waals surface area contributed by atoms with E-state index in [0.29, 0.717) is 5.56 Å². The van der Waals surface area contributed by atoms with E-state index in [9.17, 15) is 23.9 Å². The third-order valence-electron chi connectivity index (χ3n) is 3.93. The number of hydrogen-bond donors (Lipinski definition) is 4. The SMILES string of the molecule is C[C@@H](NC(=O)OCc1ccccc1)C(=O)NC(Cc1ccccc1)P(=O)(O)O. The van der Waals surface area contributed by atoms with Crippen LogP contribution in [0.15, 0.2) is 60.7 Å². The van der Waals surface area contributed by atoms with Crippen LogP contribution in [0.1, 0.15) is 18.1 Å². The molecule has 150 valence electrons. The molecule has 0 saturated carbocycles. The second kappa shape index (κ2) is 10.0. The van der Waals surface area contributed by atoms with Crippen LogP contribution in [-0.2, 0) is 27.1 Å². The molecule has 2 amide bonds. The zero-order valence-electron chi connectivity index (χ0n) is 15.3. The first-order valence-corrected chi connectivity index (χ1v) is 10.3. The van der Waals surface area contributed by atoms with Crippen molar-refractivity contribution in [3.63, 3.8) is 0 Å². The van der Waals surface area contributed by atoms with Crippen molar-refractivity contribution in [2.75, 3.05) is 0 Å².